The monoisotopic (exact) mass is 443 g/mol. The minimum atomic E-state index is 0.381. The minimum absolute atomic E-state index is 0.381. The number of nitrogens with one attached hydrogen (secondary N) is 1. The normalized spacial score (nSPS) is 25.1. The first-order valence-electron chi connectivity index (χ1n) is 14.0. The Kier molecular flexibility index (Phi) is 6.98. The molecule has 3 aliphatic rings. The Labute approximate surface area is 202 Å². The Balaban J connectivity index is 1.42. The highest BCUT2D eigenvalue weighted by Crippen LogP contribution is 2.42. The van der Waals surface area contributed by atoms with E-state index < -0.39 is 0 Å². The predicted molar refractivity (Wildman–Crippen MR) is 141 cm³/mol. The number of hydrogen-bond donors (Lipinski definition) is 1. The summed E-state index contributed by atoms with van der Waals surface area (Å²) in [6, 6.07) is 20.3. The molecule has 2 saturated carbocycles. The summed E-state index contributed by atoms with van der Waals surface area (Å²) in [4.78, 5) is 0. The van der Waals surface area contributed by atoms with Gasteiger partial charge < -0.3 is 5.32 Å². The molecule has 0 amide bonds. The fraction of sp³-hybridized carbons (Fsp3) is 0.625. The van der Waals surface area contributed by atoms with Crippen molar-refractivity contribution in [3.05, 3.63) is 70.8 Å². The van der Waals surface area contributed by atoms with E-state index in [0.717, 1.165) is 6.54 Å². The molecule has 0 spiro atoms. The highest BCUT2D eigenvalue weighted by molar-refractivity contribution is 5.40. The summed E-state index contributed by atoms with van der Waals surface area (Å²) in [5.74, 6) is 0.451. The molecule has 0 radical (unpaired) electrons. The predicted octanol–water partition coefficient (Wildman–Crippen LogP) is 8.40. The molecule has 2 aromatic rings. The van der Waals surface area contributed by atoms with Gasteiger partial charge >= 0.3 is 0 Å². The van der Waals surface area contributed by atoms with Crippen LogP contribution in [0.2, 0.25) is 0 Å². The van der Waals surface area contributed by atoms with Gasteiger partial charge in [-0.1, -0.05) is 107 Å². The van der Waals surface area contributed by atoms with Gasteiger partial charge in [0.25, 0.3) is 0 Å². The van der Waals surface area contributed by atoms with Crippen molar-refractivity contribution in [2.24, 2.45) is 0 Å². The maximum absolute atomic E-state index is 3.89. The average molecular weight is 444 g/mol. The fourth-order valence-corrected chi connectivity index (χ4v) is 7.25. The zero-order chi connectivity index (χ0) is 22.7. The molecule has 0 bridgehead atoms. The van der Waals surface area contributed by atoms with Crippen LogP contribution in [0.15, 0.2) is 48.5 Å². The smallest absolute Gasteiger partial charge is 0.0243 e. The SMILES string of the molecule is CC1(c2ccc(C(c3ccc(C4(C)CCCCC4)cc3)[C@@H]3CCCCN3)cc2)CCCCC1. The van der Waals surface area contributed by atoms with Crippen molar-refractivity contribution in [3.63, 3.8) is 0 Å². The lowest BCUT2D eigenvalue weighted by Crippen LogP contribution is -2.39. The summed E-state index contributed by atoms with van der Waals surface area (Å²) < 4.78 is 0. The van der Waals surface area contributed by atoms with E-state index in [4.69, 9.17) is 0 Å². The Morgan fingerprint density at radius 2 is 1.06 bits per heavy atom. The molecule has 1 saturated heterocycles. The molecule has 178 valence electrons. The van der Waals surface area contributed by atoms with Crippen LogP contribution in [0.3, 0.4) is 0 Å². The third-order valence-electron chi connectivity index (χ3n) is 9.60. The number of piperidine rings is 1. The van der Waals surface area contributed by atoms with Gasteiger partial charge in [0.15, 0.2) is 0 Å². The first-order chi connectivity index (χ1) is 16.1. The van der Waals surface area contributed by atoms with Crippen LogP contribution in [0.25, 0.3) is 0 Å². The largest absolute Gasteiger partial charge is 0.313 e. The second-order valence-corrected chi connectivity index (χ2v) is 12.0. The summed E-state index contributed by atoms with van der Waals surface area (Å²) in [5, 5.41) is 3.89. The van der Waals surface area contributed by atoms with Gasteiger partial charge in [0, 0.05) is 12.0 Å². The van der Waals surface area contributed by atoms with Crippen LogP contribution in [0.4, 0.5) is 0 Å². The number of hydrogen-bond acceptors (Lipinski definition) is 1. The van der Waals surface area contributed by atoms with Crippen LogP contribution in [0.5, 0.6) is 0 Å². The quantitative estimate of drug-likeness (QED) is 0.489. The van der Waals surface area contributed by atoms with Crippen molar-refractivity contribution in [1.82, 2.24) is 5.32 Å². The molecule has 2 aromatic carbocycles. The van der Waals surface area contributed by atoms with Gasteiger partial charge in [0.2, 0.25) is 0 Å². The van der Waals surface area contributed by atoms with E-state index in [-0.39, 0.29) is 0 Å². The van der Waals surface area contributed by atoms with Crippen LogP contribution in [-0.2, 0) is 10.8 Å². The van der Waals surface area contributed by atoms with Crippen LogP contribution in [-0.4, -0.2) is 12.6 Å². The Bertz CT molecular complexity index is 808. The Hall–Kier alpha value is -1.60. The highest BCUT2D eigenvalue weighted by atomic mass is 14.9. The van der Waals surface area contributed by atoms with E-state index in [9.17, 15) is 0 Å². The number of rotatable bonds is 5. The maximum atomic E-state index is 3.89. The van der Waals surface area contributed by atoms with Crippen molar-refractivity contribution in [2.45, 2.75) is 120 Å². The zero-order valence-electron chi connectivity index (χ0n) is 21.2. The van der Waals surface area contributed by atoms with Gasteiger partial charge in [0.05, 0.1) is 0 Å². The zero-order valence-corrected chi connectivity index (χ0v) is 21.2. The van der Waals surface area contributed by atoms with Crippen LogP contribution in [0, 0.1) is 0 Å². The lowest BCUT2D eigenvalue weighted by atomic mass is 9.70. The van der Waals surface area contributed by atoms with Crippen LogP contribution >= 0.6 is 0 Å². The summed E-state index contributed by atoms with van der Waals surface area (Å²) in [6.45, 7) is 6.14. The van der Waals surface area contributed by atoms with Crippen molar-refractivity contribution < 1.29 is 0 Å². The van der Waals surface area contributed by atoms with E-state index in [1.165, 1.54) is 94.6 Å². The number of benzene rings is 2. The van der Waals surface area contributed by atoms with E-state index >= 15 is 0 Å². The molecule has 33 heavy (non-hydrogen) atoms. The molecule has 2 aliphatic carbocycles. The standard InChI is InChI=1S/C32H45N/c1-31(20-6-3-7-21-31)27-16-12-25(13-17-27)30(29-11-5-10-24-33-29)26-14-18-28(19-15-26)32(2)22-8-4-9-23-32/h12-19,29-30,33H,3-11,20-24H2,1-2H3/t29-/m0/s1. The molecule has 1 nitrogen and oxygen atoms in total. The van der Waals surface area contributed by atoms with Crippen molar-refractivity contribution >= 4 is 0 Å². The Morgan fingerprint density at radius 3 is 1.45 bits per heavy atom. The van der Waals surface area contributed by atoms with Crippen LogP contribution < -0.4 is 5.32 Å². The van der Waals surface area contributed by atoms with Gasteiger partial charge in [-0.25, -0.2) is 0 Å². The Morgan fingerprint density at radius 1 is 0.606 bits per heavy atom. The van der Waals surface area contributed by atoms with E-state index in [0.29, 0.717) is 22.8 Å². The molecule has 5 rings (SSSR count). The second kappa shape index (κ2) is 9.95. The van der Waals surface area contributed by atoms with Gasteiger partial charge in [0.1, 0.15) is 0 Å². The van der Waals surface area contributed by atoms with Crippen molar-refractivity contribution in [3.8, 4) is 0 Å². The lowest BCUT2D eigenvalue weighted by Gasteiger charge is -2.36. The first-order valence-corrected chi connectivity index (χ1v) is 14.0. The molecule has 1 N–H and O–H groups in total. The van der Waals surface area contributed by atoms with Gasteiger partial charge in [-0.15, -0.1) is 0 Å². The first kappa shape index (κ1) is 23.2. The third kappa shape index (κ3) is 4.95. The fourth-order valence-electron chi connectivity index (χ4n) is 7.25. The maximum Gasteiger partial charge on any atom is 0.0243 e. The highest BCUT2D eigenvalue weighted by Gasteiger charge is 2.32. The molecule has 0 unspecified atom stereocenters. The van der Waals surface area contributed by atoms with E-state index in [1.54, 1.807) is 11.1 Å². The van der Waals surface area contributed by atoms with Gasteiger partial charge in [-0.2, -0.15) is 0 Å². The molecule has 1 atom stereocenters. The summed E-state index contributed by atoms with van der Waals surface area (Å²) >= 11 is 0. The molecule has 1 heteroatoms. The van der Waals surface area contributed by atoms with Crippen molar-refractivity contribution in [2.75, 3.05) is 6.54 Å². The van der Waals surface area contributed by atoms with Gasteiger partial charge in [-0.3, -0.25) is 0 Å². The summed E-state index contributed by atoms with van der Waals surface area (Å²) in [6.07, 6.45) is 17.7. The van der Waals surface area contributed by atoms with Crippen molar-refractivity contribution in [1.29, 1.82) is 0 Å². The van der Waals surface area contributed by atoms with E-state index in [1.807, 2.05) is 0 Å². The minimum Gasteiger partial charge on any atom is -0.313 e. The molecule has 0 aromatic heterocycles. The molecule has 1 aliphatic heterocycles. The van der Waals surface area contributed by atoms with Crippen LogP contribution in [0.1, 0.15) is 125 Å². The summed E-state index contributed by atoms with van der Waals surface area (Å²) in [5.41, 5.74) is 6.87. The molecule has 3 fully saturated rings. The topological polar surface area (TPSA) is 12.0 Å². The third-order valence-corrected chi connectivity index (χ3v) is 9.60. The van der Waals surface area contributed by atoms with Gasteiger partial charge in [-0.05, 0) is 78.2 Å². The molecular weight excluding hydrogens is 398 g/mol. The summed E-state index contributed by atoms with van der Waals surface area (Å²) in [7, 11) is 0. The van der Waals surface area contributed by atoms with E-state index in [2.05, 4.69) is 67.7 Å². The lowest BCUT2D eigenvalue weighted by molar-refractivity contribution is 0.319. The second-order valence-electron chi connectivity index (χ2n) is 12.0. The average Bonchev–Trinajstić information content (AvgIpc) is 2.87. The molecule has 1 heterocycles. The molecular formula is C32H45N.